The number of amides is 1. The number of piperidine rings is 1. The van der Waals surface area contributed by atoms with E-state index in [2.05, 4.69) is 92.0 Å². The molecular formula is C88H109N9O15. The summed E-state index contributed by atoms with van der Waals surface area (Å²) in [5.41, 5.74) is 9.90. The van der Waals surface area contributed by atoms with E-state index in [9.17, 15) is 34.8 Å². The summed E-state index contributed by atoms with van der Waals surface area (Å²) >= 11 is 0. The monoisotopic (exact) mass is 1530 g/mol. The molecule has 1 amide bonds. The number of fused-ring (bicyclic) bond motifs is 12. The summed E-state index contributed by atoms with van der Waals surface area (Å²) in [6, 6.07) is 22.3. The smallest absolute Gasteiger partial charge is 0.344 e. The molecule has 2 saturated carbocycles. The molecule has 18 rings (SSSR count). The fraction of sp³-hybridized carbons (Fsp3) is 0.557. The maximum atomic E-state index is 15.2. The number of nitrogens with two attached hydrogens (primary N) is 1. The van der Waals surface area contributed by atoms with E-state index in [0.717, 1.165) is 111 Å². The second kappa shape index (κ2) is 27.3. The zero-order chi connectivity index (χ0) is 79.0. The number of esters is 4. The molecule has 596 valence electrons. The van der Waals surface area contributed by atoms with Crippen LogP contribution in [0, 0.1) is 23.7 Å². The van der Waals surface area contributed by atoms with Crippen molar-refractivity contribution < 1.29 is 72.8 Å². The third-order valence-electron chi connectivity index (χ3n) is 29.6. The van der Waals surface area contributed by atoms with Gasteiger partial charge in [-0.25, -0.2) is 4.79 Å². The van der Waals surface area contributed by atoms with Crippen LogP contribution in [0.15, 0.2) is 108 Å². The van der Waals surface area contributed by atoms with Gasteiger partial charge in [0, 0.05) is 176 Å². The maximum absolute atomic E-state index is 15.2. The number of nitrogens with zero attached hydrogens (tertiary/aromatic N) is 6. The summed E-state index contributed by atoms with van der Waals surface area (Å²) in [5, 5.41) is 52.0. The Morgan fingerprint density at radius 2 is 1.12 bits per heavy atom. The number of methoxy groups -OCH3 is 5. The van der Waals surface area contributed by atoms with Crippen molar-refractivity contribution in [3.8, 4) is 11.5 Å². The molecule has 6 aromatic rings. The number of rotatable bonds is 13. The van der Waals surface area contributed by atoms with Gasteiger partial charge in [-0.2, -0.15) is 0 Å². The van der Waals surface area contributed by atoms with Crippen LogP contribution >= 0.6 is 0 Å². The highest BCUT2D eigenvalue weighted by atomic mass is 16.6. The molecule has 4 aromatic carbocycles. The normalized spacial score (nSPS) is 35.8. The third kappa shape index (κ3) is 10.3. The van der Waals surface area contributed by atoms with Crippen molar-refractivity contribution in [2.45, 2.75) is 180 Å². The molecule has 112 heavy (non-hydrogen) atoms. The highest BCUT2D eigenvalue weighted by Gasteiger charge is 2.79. The predicted molar refractivity (Wildman–Crippen MR) is 422 cm³/mol. The summed E-state index contributed by atoms with van der Waals surface area (Å²) < 4.78 is 36.0. The highest BCUT2D eigenvalue weighted by molar-refractivity contribution is 5.97. The number of aromatic amines is 2. The summed E-state index contributed by atoms with van der Waals surface area (Å²) in [4.78, 5) is 92.2. The molecule has 19 atom stereocenters. The average molecular weight is 1530 g/mol. The fourth-order valence-electron chi connectivity index (χ4n) is 25.4. The lowest BCUT2D eigenvalue weighted by Gasteiger charge is -2.59. The van der Waals surface area contributed by atoms with Gasteiger partial charge in [0.2, 0.25) is 5.60 Å². The Labute approximate surface area is 654 Å². The van der Waals surface area contributed by atoms with Crippen LogP contribution in [-0.4, -0.2) is 242 Å². The third-order valence-corrected chi connectivity index (χ3v) is 29.6. The molecule has 0 radical (unpaired) electrons. The Morgan fingerprint density at radius 3 is 1.65 bits per heavy atom. The number of hydrogen-bond donors (Lipinski definition) is 7. The van der Waals surface area contributed by atoms with Crippen molar-refractivity contribution in [3.05, 3.63) is 153 Å². The predicted octanol–water partition coefficient (Wildman–Crippen LogP) is 7.49. The number of aliphatic hydroxyl groups is 4. The van der Waals surface area contributed by atoms with Gasteiger partial charge in [-0.3, -0.25) is 38.8 Å². The molecule has 2 aliphatic carbocycles. The maximum Gasteiger partial charge on any atom is 0.344 e. The zero-order valence-corrected chi connectivity index (χ0v) is 66.6. The summed E-state index contributed by atoms with van der Waals surface area (Å²) in [5.74, 6) is -3.29. The standard InChI is InChI=1S/C45H54N4O8.C43H55N5O7/c1-8-26-18-27-21-44(41(51)55-6,37-30(24-48(22-26)23-27)29-12-10-11-13-33(29)46-37)32-19-31-34(20-35(32)54-5)47(4)40-43(31)15-17-49-16-14-28(9-2)36(38(43)49)39(57-25(3)50)45(40,53)42(52)56-7;1-6-25-12-16-48-17-14-41-28-18-29(32(54-4)19-31(28)46(3)37(41)43(53,38(44)50)36(49)33(25)35(41)48)42(39(51)55-5)21-24-20-40(52,7-2)23-47(22-24)15-13-27-26-10-8-9-11-30(26)45-34(27)42/h10-14,18-20,27,36,38-40,46,53H,8-9,15-17,21-24H2,1-7H3;8-12,18-19,24,33,35-37,45,49,52-53H,6-7,13-17,20-23H2,1-5H3,(H2,44,50)/t27?,36?,38-,39-,40-,43-,44-,45-;24?,33?,35-,36-,37-,40?,41-,42+,43-/m11/s1. The van der Waals surface area contributed by atoms with E-state index < -0.39 is 98.4 Å². The molecule has 4 bridgehead atoms. The van der Waals surface area contributed by atoms with Gasteiger partial charge in [-0.05, 0) is 136 Å². The number of primary amides is 1. The number of aromatic nitrogens is 2. The van der Waals surface area contributed by atoms with Gasteiger partial charge in [0.05, 0.1) is 53.2 Å². The number of benzene rings is 4. The van der Waals surface area contributed by atoms with Gasteiger partial charge in [-0.15, -0.1) is 0 Å². The van der Waals surface area contributed by atoms with Crippen molar-refractivity contribution in [2.24, 2.45) is 29.4 Å². The molecule has 24 nitrogen and oxygen atoms in total. The van der Waals surface area contributed by atoms with Crippen LogP contribution in [0.4, 0.5) is 11.4 Å². The number of ether oxygens (including phenoxy) is 6. The van der Waals surface area contributed by atoms with Gasteiger partial charge >= 0.3 is 23.9 Å². The molecular weight excluding hydrogens is 1420 g/mol. The molecule has 10 aliphatic heterocycles. The summed E-state index contributed by atoms with van der Waals surface area (Å²) in [6.07, 6.45) is 10.1. The molecule has 24 heteroatoms. The SMILES string of the molecule is CCC1=CC2CN(C1)Cc1c([nH]c3ccccc13)[C@](C(=O)OC)(c1cc3c(cc1OC)N(C)[C@H]1[C@@](O)(C(=O)OC)[C@H](OC(C)=O)C4C(CC)=CCN5CC[C@]31[C@@H]45)C2.CCC1=CCN2CC[C@]34c5cc([C@@]6(C(=O)OC)CC7CN(CCc8c6[nH]c6ccccc86)CC(O)(CC)C7)c(OC)cc5N(C)[C@H]3[C@@](O)(C(N)=O)[C@H](O)C1[C@@H]24. The second-order valence-corrected chi connectivity index (χ2v) is 34.4. The number of carbonyl (C=O) groups excluding carboxylic acids is 5. The largest absolute Gasteiger partial charge is 0.496 e. The zero-order valence-electron chi connectivity index (χ0n) is 66.6. The molecule has 12 heterocycles. The number of H-pyrrole nitrogens is 2. The highest BCUT2D eigenvalue weighted by Crippen LogP contribution is 2.68. The van der Waals surface area contributed by atoms with E-state index >= 15 is 9.59 Å². The lowest BCUT2D eigenvalue weighted by Crippen LogP contribution is -2.78. The molecule has 7 unspecified atom stereocenters. The van der Waals surface area contributed by atoms with Gasteiger partial charge in [0.1, 0.15) is 28.4 Å². The first kappa shape index (κ1) is 76.1. The quantitative estimate of drug-likeness (QED) is 0.0335. The number of nitrogens with one attached hydrogen (secondary N) is 2. The van der Waals surface area contributed by atoms with Gasteiger partial charge in [-0.1, -0.05) is 99.0 Å². The van der Waals surface area contributed by atoms with E-state index in [0.29, 0.717) is 120 Å². The molecule has 3 saturated heterocycles. The minimum atomic E-state index is -2.28. The number of carbonyl (C=O) groups is 5. The van der Waals surface area contributed by atoms with Crippen molar-refractivity contribution in [3.63, 3.8) is 0 Å². The Bertz CT molecular complexity index is 4970. The molecule has 2 aromatic heterocycles. The lowest BCUT2D eigenvalue weighted by molar-refractivity contribution is -0.212. The Balaban J connectivity index is 0.000000163. The first-order valence-electron chi connectivity index (χ1n) is 40.4. The van der Waals surface area contributed by atoms with Crippen LogP contribution < -0.4 is 25.0 Å². The van der Waals surface area contributed by atoms with Crippen LogP contribution in [-0.2, 0) is 77.5 Å². The molecule has 5 fully saturated rings. The van der Waals surface area contributed by atoms with Crippen LogP contribution in [0.2, 0.25) is 0 Å². The average Bonchev–Trinajstić information content (AvgIpc) is 1.48. The topological polar surface area (TPSA) is 299 Å². The summed E-state index contributed by atoms with van der Waals surface area (Å²) in [6.45, 7) is 16.8. The van der Waals surface area contributed by atoms with Crippen molar-refractivity contribution >= 4 is 63.0 Å². The fourth-order valence-corrected chi connectivity index (χ4v) is 25.4. The van der Waals surface area contributed by atoms with Crippen molar-refractivity contribution in [1.29, 1.82) is 0 Å². The minimum absolute atomic E-state index is 0.0319. The molecule has 8 N–H and O–H groups in total. The van der Waals surface area contributed by atoms with Crippen LogP contribution in [0.5, 0.6) is 11.5 Å². The lowest BCUT2D eigenvalue weighted by atomic mass is 9.52. The van der Waals surface area contributed by atoms with Crippen LogP contribution in [0.3, 0.4) is 0 Å². The van der Waals surface area contributed by atoms with E-state index in [1.807, 2.05) is 80.2 Å². The van der Waals surface area contributed by atoms with Crippen LogP contribution in [0.1, 0.15) is 137 Å². The van der Waals surface area contributed by atoms with Gasteiger partial charge in [0.25, 0.3) is 5.91 Å². The number of likely N-dealkylation sites (N-methyl/N-ethyl adjacent to an activating group) is 2. The number of para-hydroxylation sites is 2. The first-order chi connectivity index (χ1) is 53.7. The first-order valence-corrected chi connectivity index (χ1v) is 40.4. The summed E-state index contributed by atoms with van der Waals surface area (Å²) in [7, 11) is 11.1. The molecule has 12 aliphatic rings. The van der Waals surface area contributed by atoms with Gasteiger partial charge < -0.3 is 74.3 Å². The molecule has 2 spiro atoms. The van der Waals surface area contributed by atoms with Crippen molar-refractivity contribution in [1.82, 2.24) is 29.6 Å². The van der Waals surface area contributed by atoms with E-state index in [-0.39, 0.29) is 29.9 Å². The second-order valence-electron chi connectivity index (χ2n) is 34.4. The number of hydrogen-bond acceptors (Lipinski definition) is 21. The van der Waals surface area contributed by atoms with E-state index in [1.165, 1.54) is 33.8 Å². The van der Waals surface area contributed by atoms with E-state index in [4.69, 9.17) is 34.2 Å². The van der Waals surface area contributed by atoms with Gasteiger partial charge in [0.15, 0.2) is 11.7 Å². The minimum Gasteiger partial charge on any atom is -0.496 e. The number of aliphatic hydroxyl groups excluding tert-OH is 1. The Kier molecular flexibility index (Phi) is 18.5. The Hall–Kier alpha value is -8.59. The Morgan fingerprint density at radius 1 is 0.598 bits per heavy atom. The number of anilines is 2. The van der Waals surface area contributed by atoms with Crippen molar-refractivity contribution in [2.75, 3.05) is 118 Å². The van der Waals surface area contributed by atoms with E-state index in [1.54, 1.807) is 14.2 Å². The van der Waals surface area contributed by atoms with Crippen LogP contribution in [0.25, 0.3) is 21.8 Å².